The van der Waals surface area contributed by atoms with E-state index < -0.39 is 0 Å². The minimum atomic E-state index is -0.337. The Morgan fingerprint density at radius 1 is 1.11 bits per heavy atom. The van der Waals surface area contributed by atoms with Gasteiger partial charge in [0, 0.05) is 19.0 Å². The van der Waals surface area contributed by atoms with Gasteiger partial charge in [0.15, 0.2) is 0 Å². The number of H-pyrrole nitrogens is 1. The number of likely N-dealkylation sites (tertiary alicyclic amines) is 1. The summed E-state index contributed by atoms with van der Waals surface area (Å²) in [5.41, 5.74) is 2.39. The minimum Gasteiger partial charge on any atom is -0.343 e. The molecule has 0 bridgehead atoms. The van der Waals surface area contributed by atoms with E-state index in [4.69, 9.17) is 11.6 Å². The Hall–Kier alpha value is -2.86. The van der Waals surface area contributed by atoms with Crippen molar-refractivity contribution in [2.24, 2.45) is 0 Å². The summed E-state index contributed by atoms with van der Waals surface area (Å²) in [7, 11) is 0. The van der Waals surface area contributed by atoms with Crippen molar-refractivity contribution in [1.29, 1.82) is 0 Å². The zero-order valence-electron chi connectivity index (χ0n) is 15.3. The minimum absolute atomic E-state index is 0.0284. The van der Waals surface area contributed by atoms with Crippen molar-refractivity contribution in [1.82, 2.24) is 20.2 Å². The number of imidazole rings is 1. The molecule has 1 aliphatic heterocycles. The summed E-state index contributed by atoms with van der Waals surface area (Å²) in [6.45, 7) is 1.28. The molecule has 0 unspecified atom stereocenters. The van der Waals surface area contributed by atoms with Crippen molar-refractivity contribution >= 4 is 34.4 Å². The Morgan fingerprint density at radius 3 is 2.57 bits per heavy atom. The van der Waals surface area contributed by atoms with Crippen LogP contribution < -0.4 is 5.32 Å². The second-order valence-electron chi connectivity index (χ2n) is 6.96. The van der Waals surface area contributed by atoms with E-state index in [1.165, 1.54) is 0 Å². The van der Waals surface area contributed by atoms with E-state index in [2.05, 4.69) is 15.3 Å². The number of hydrogen-bond acceptors (Lipinski definition) is 3. The maximum absolute atomic E-state index is 12.5. The van der Waals surface area contributed by atoms with E-state index >= 15 is 0 Å². The number of nitrogens with one attached hydrogen (secondary N) is 2. The van der Waals surface area contributed by atoms with Gasteiger partial charge in [-0.05, 0) is 37.1 Å². The van der Waals surface area contributed by atoms with Crippen molar-refractivity contribution in [2.45, 2.75) is 18.8 Å². The number of piperidine rings is 1. The summed E-state index contributed by atoms with van der Waals surface area (Å²) >= 11 is 6.02. The number of halogens is 1. The first kappa shape index (κ1) is 18.5. The first-order valence-electron chi connectivity index (χ1n) is 9.37. The number of aromatic nitrogens is 2. The fourth-order valence-electron chi connectivity index (χ4n) is 3.58. The molecule has 2 aromatic carbocycles. The normalized spacial score (nSPS) is 15.0. The molecule has 144 valence electrons. The number of amides is 2. The van der Waals surface area contributed by atoms with Gasteiger partial charge < -0.3 is 15.2 Å². The molecule has 6 nitrogen and oxygen atoms in total. The van der Waals surface area contributed by atoms with Crippen molar-refractivity contribution in [3.63, 3.8) is 0 Å². The van der Waals surface area contributed by atoms with Crippen LogP contribution >= 0.6 is 11.6 Å². The van der Waals surface area contributed by atoms with Gasteiger partial charge in [-0.1, -0.05) is 35.9 Å². The quantitative estimate of drug-likeness (QED) is 0.709. The van der Waals surface area contributed by atoms with Gasteiger partial charge in [0.25, 0.3) is 5.91 Å². The highest BCUT2D eigenvalue weighted by molar-refractivity contribution is 6.33. The van der Waals surface area contributed by atoms with Crippen LogP contribution in [0, 0.1) is 0 Å². The summed E-state index contributed by atoms with van der Waals surface area (Å²) in [6.07, 6.45) is 1.70. The third kappa shape index (κ3) is 3.87. The van der Waals surface area contributed by atoms with Crippen LogP contribution in [0.5, 0.6) is 0 Å². The van der Waals surface area contributed by atoms with Gasteiger partial charge in [0.1, 0.15) is 5.82 Å². The van der Waals surface area contributed by atoms with Crippen LogP contribution in [0.3, 0.4) is 0 Å². The number of nitrogens with zero attached hydrogens (tertiary/aromatic N) is 2. The fourth-order valence-corrected chi connectivity index (χ4v) is 3.80. The molecule has 2 N–H and O–H groups in total. The summed E-state index contributed by atoms with van der Waals surface area (Å²) in [4.78, 5) is 34.5. The average molecular weight is 397 g/mol. The highest BCUT2D eigenvalue weighted by Crippen LogP contribution is 2.27. The Bertz CT molecular complexity index is 975. The first-order valence-corrected chi connectivity index (χ1v) is 9.75. The van der Waals surface area contributed by atoms with Gasteiger partial charge in [-0.25, -0.2) is 4.98 Å². The topological polar surface area (TPSA) is 78.1 Å². The van der Waals surface area contributed by atoms with E-state index in [0.29, 0.717) is 29.6 Å². The lowest BCUT2D eigenvalue weighted by Gasteiger charge is -2.31. The van der Waals surface area contributed by atoms with Gasteiger partial charge in [0.05, 0.1) is 28.2 Å². The maximum atomic E-state index is 12.5. The Labute approximate surface area is 167 Å². The van der Waals surface area contributed by atoms with Crippen LogP contribution in [-0.4, -0.2) is 46.3 Å². The lowest BCUT2D eigenvalue weighted by Crippen LogP contribution is -2.43. The fraction of sp³-hybridized carbons (Fsp3) is 0.286. The molecule has 2 amide bonds. The van der Waals surface area contributed by atoms with E-state index in [9.17, 15) is 9.59 Å². The van der Waals surface area contributed by atoms with E-state index in [0.717, 1.165) is 29.7 Å². The summed E-state index contributed by atoms with van der Waals surface area (Å²) in [5, 5.41) is 3.04. The molecule has 0 radical (unpaired) electrons. The van der Waals surface area contributed by atoms with E-state index in [1.54, 1.807) is 29.2 Å². The summed E-state index contributed by atoms with van der Waals surface area (Å²) in [5.74, 6) is 0.883. The first-order chi connectivity index (χ1) is 13.6. The van der Waals surface area contributed by atoms with E-state index in [1.807, 2.05) is 24.3 Å². The molecule has 0 atom stereocenters. The SMILES string of the molecule is O=C(NCC(=O)N1CCC(c2nc3ccccc3[nH]2)CC1)c1ccccc1Cl. The van der Waals surface area contributed by atoms with Gasteiger partial charge >= 0.3 is 0 Å². The smallest absolute Gasteiger partial charge is 0.253 e. The van der Waals surface area contributed by atoms with Gasteiger partial charge in [-0.15, -0.1) is 0 Å². The number of para-hydroxylation sites is 2. The molecule has 7 heteroatoms. The van der Waals surface area contributed by atoms with Crippen LogP contribution in [-0.2, 0) is 4.79 Å². The molecule has 1 saturated heterocycles. The Morgan fingerprint density at radius 2 is 1.82 bits per heavy atom. The highest BCUT2D eigenvalue weighted by Gasteiger charge is 2.26. The lowest BCUT2D eigenvalue weighted by molar-refractivity contribution is -0.131. The predicted octanol–water partition coefficient (Wildman–Crippen LogP) is 3.35. The summed E-state index contributed by atoms with van der Waals surface area (Å²) in [6, 6.07) is 14.8. The van der Waals surface area contributed by atoms with Crippen LogP contribution in [0.25, 0.3) is 11.0 Å². The number of fused-ring (bicyclic) bond motifs is 1. The molecule has 0 saturated carbocycles. The molecule has 3 aromatic rings. The third-order valence-corrected chi connectivity index (χ3v) is 5.49. The molecule has 1 aromatic heterocycles. The van der Waals surface area contributed by atoms with Gasteiger partial charge in [-0.3, -0.25) is 9.59 Å². The number of carbonyl (C=O) groups is 2. The molecule has 0 aliphatic carbocycles. The van der Waals surface area contributed by atoms with Crippen LogP contribution in [0.4, 0.5) is 0 Å². The number of benzene rings is 2. The van der Waals surface area contributed by atoms with Crippen LogP contribution in [0.2, 0.25) is 5.02 Å². The second-order valence-corrected chi connectivity index (χ2v) is 7.36. The molecule has 4 rings (SSSR count). The number of hydrogen-bond donors (Lipinski definition) is 2. The summed E-state index contributed by atoms with van der Waals surface area (Å²) < 4.78 is 0. The standard InChI is InChI=1S/C21H21ClN4O2/c22-16-6-2-1-5-15(16)21(28)23-13-19(27)26-11-9-14(10-12-26)20-24-17-7-3-4-8-18(17)25-20/h1-8,14H,9-13H2,(H,23,28)(H,24,25). The number of rotatable bonds is 4. The molecule has 2 heterocycles. The van der Waals surface area contributed by atoms with Crippen molar-refractivity contribution < 1.29 is 9.59 Å². The van der Waals surface area contributed by atoms with Crippen molar-refractivity contribution in [3.8, 4) is 0 Å². The molecule has 1 aliphatic rings. The van der Waals surface area contributed by atoms with Crippen LogP contribution in [0.15, 0.2) is 48.5 Å². The highest BCUT2D eigenvalue weighted by atomic mass is 35.5. The number of aromatic amines is 1. The monoisotopic (exact) mass is 396 g/mol. The van der Waals surface area contributed by atoms with Gasteiger partial charge in [-0.2, -0.15) is 0 Å². The molecule has 1 fully saturated rings. The van der Waals surface area contributed by atoms with E-state index in [-0.39, 0.29) is 18.4 Å². The van der Waals surface area contributed by atoms with Crippen molar-refractivity contribution in [2.75, 3.05) is 19.6 Å². The predicted molar refractivity (Wildman–Crippen MR) is 108 cm³/mol. The zero-order chi connectivity index (χ0) is 19.5. The Kier molecular flexibility index (Phi) is 5.30. The van der Waals surface area contributed by atoms with Gasteiger partial charge in [0.2, 0.25) is 5.91 Å². The molecular weight excluding hydrogens is 376 g/mol. The molecule has 28 heavy (non-hydrogen) atoms. The zero-order valence-corrected chi connectivity index (χ0v) is 16.1. The van der Waals surface area contributed by atoms with Crippen molar-refractivity contribution in [3.05, 3.63) is 64.9 Å². The lowest BCUT2D eigenvalue weighted by atomic mass is 9.96. The average Bonchev–Trinajstić information content (AvgIpc) is 3.16. The number of carbonyl (C=O) groups excluding carboxylic acids is 2. The Balaban J connectivity index is 1.30. The molecular formula is C21H21ClN4O2. The molecule has 0 spiro atoms. The second kappa shape index (κ2) is 8.02. The maximum Gasteiger partial charge on any atom is 0.253 e. The van der Waals surface area contributed by atoms with Crippen LogP contribution in [0.1, 0.15) is 34.9 Å². The largest absolute Gasteiger partial charge is 0.343 e. The third-order valence-electron chi connectivity index (χ3n) is 5.16.